The second-order valence-corrected chi connectivity index (χ2v) is 5.08. The predicted octanol–water partition coefficient (Wildman–Crippen LogP) is 4.24. The maximum atomic E-state index is 12.4. The van der Waals surface area contributed by atoms with Crippen molar-refractivity contribution in [2.45, 2.75) is 45.4 Å². The van der Waals surface area contributed by atoms with Gasteiger partial charge in [0, 0.05) is 11.5 Å². The van der Waals surface area contributed by atoms with Gasteiger partial charge in [0.05, 0.1) is 6.61 Å². The molecule has 1 aliphatic rings. The lowest BCUT2D eigenvalue weighted by atomic mass is 9.84. The van der Waals surface area contributed by atoms with Crippen molar-refractivity contribution < 1.29 is 9.53 Å². The summed E-state index contributed by atoms with van der Waals surface area (Å²) in [6, 6.07) is 7.65. The van der Waals surface area contributed by atoms with Gasteiger partial charge in [0.2, 0.25) is 0 Å². The minimum absolute atomic E-state index is 0.236. The number of Topliss-reactive ketones (excluding diaryl/α,β-unsaturated/α-hetero) is 1. The van der Waals surface area contributed by atoms with Gasteiger partial charge in [-0.1, -0.05) is 38.3 Å². The van der Waals surface area contributed by atoms with E-state index in [1.807, 2.05) is 24.3 Å². The standard InChI is InChI=1S/C16H22O2/c1-2-11-18-15-10-6-9-14(12-15)16(17)13-7-4-3-5-8-13/h6,9-10,12-13H,2-5,7-8,11H2,1H3. The van der Waals surface area contributed by atoms with E-state index in [1.165, 1.54) is 19.3 Å². The maximum absolute atomic E-state index is 12.4. The lowest BCUT2D eigenvalue weighted by Crippen LogP contribution is -2.17. The van der Waals surface area contributed by atoms with Gasteiger partial charge in [-0.15, -0.1) is 0 Å². The summed E-state index contributed by atoms with van der Waals surface area (Å²) in [5, 5.41) is 0. The largest absolute Gasteiger partial charge is 0.494 e. The molecule has 18 heavy (non-hydrogen) atoms. The molecule has 0 amide bonds. The smallest absolute Gasteiger partial charge is 0.166 e. The highest BCUT2D eigenvalue weighted by Gasteiger charge is 2.22. The first-order chi connectivity index (χ1) is 8.81. The predicted molar refractivity (Wildman–Crippen MR) is 73.1 cm³/mol. The van der Waals surface area contributed by atoms with Crippen LogP contribution >= 0.6 is 0 Å². The minimum atomic E-state index is 0.236. The highest BCUT2D eigenvalue weighted by atomic mass is 16.5. The fourth-order valence-electron chi connectivity index (χ4n) is 2.56. The number of hydrogen-bond donors (Lipinski definition) is 0. The summed E-state index contributed by atoms with van der Waals surface area (Å²) in [5.41, 5.74) is 0.815. The molecule has 2 nitrogen and oxygen atoms in total. The molecular weight excluding hydrogens is 224 g/mol. The van der Waals surface area contributed by atoms with E-state index in [2.05, 4.69) is 6.92 Å². The van der Waals surface area contributed by atoms with Crippen LogP contribution in [0.5, 0.6) is 5.75 Å². The second-order valence-electron chi connectivity index (χ2n) is 5.08. The molecular formula is C16H22O2. The van der Waals surface area contributed by atoms with Crippen LogP contribution in [0.2, 0.25) is 0 Å². The molecule has 0 spiro atoms. The Hall–Kier alpha value is -1.31. The number of carbonyl (C=O) groups is 1. The Bertz CT molecular complexity index is 392. The van der Waals surface area contributed by atoms with Crippen molar-refractivity contribution >= 4 is 5.78 Å². The lowest BCUT2D eigenvalue weighted by Gasteiger charge is -2.20. The summed E-state index contributed by atoms with van der Waals surface area (Å²) in [5.74, 6) is 1.36. The minimum Gasteiger partial charge on any atom is -0.494 e. The third-order valence-electron chi connectivity index (χ3n) is 3.57. The molecule has 0 radical (unpaired) electrons. The molecule has 1 fully saturated rings. The summed E-state index contributed by atoms with van der Waals surface area (Å²) in [6.07, 6.45) is 6.77. The van der Waals surface area contributed by atoms with Crippen molar-refractivity contribution in [1.82, 2.24) is 0 Å². The van der Waals surface area contributed by atoms with Crippen LogP contribution in [0, 0.1) is 5.92 Å². The monoisotopic (exact) mass is 246 g/mol. The molecule has 1 aliphatic carbocycles. The number of hydrogen-bond acceptors (Lipinski definition) is 2. The molecule has 0 N–H and O–H groups in total. The molecule has 0 atom stereocenters. The van der Waals surface area contributed by atoms with Gasteiger partial charge in [-0.3, -0.25) is 4.79 Å². The Balaban J connectivity index is 2.04. The average Bonchev–Trinajstić information content (AvgIpc) is 2.45. The zero-order valence-corrected chi connectivity index (χ0v) is 11.2. The van der Waals surface area contributed by atoms with Crippen LogP contribution in [0.15, 0.2) is 24.3 Å². The molecule has 0 aliphatic heterocycles. The van der Waals surface area contributed by atoms with Gasteiger partial charge in [-0.05, 0) is 31.4 Å². The normalized spacial score (nSPS) is 16.5. The van der Waals surface area contributed by atoms with E-state index in [1.54, 1.807) is 0 Å². The van der Waals surface area contributed by atoms with Crippen LogP contribution < -0.4 is 4.74 Å². The molecule has 1 aromatic rings. The van der Waals surface area contributed by atoms with Gasteiger partial charge in [-0.2, -0.15) is 0 Å². The van der Waals surface area contributed by atoms with Crippen molar-refractivity contribution in [1.29, 1.82) is 0 Å². The Labute approximate surface area is 109 Å². The highest BCUT2D eigenvalue weighted by molar-refractivity contribution is 5.98. The number of benzene rings is 1. The number of ether oxygens (including phenoxy) is 1. The first kappa shape index (κ1) is 13.1. The van der Waals surface area contributed by atoms with E-state index >= 15 is 0 Å². The molecule has 98 valence electrons. The zero-order valence-electron chi connectivity index (χ0n) is 11.2. The van der Waals surface area contributed by atoms with Crippen LogP contribution in [0.4, 0.5) is 0 Å². The molecule has 0 saturated heterocycles. The fourth-order valence-corrected chi connectivity index (χ4v) is 2.56. The molecule has 2 heteroatoms. The van der Waals surface area contributed by atoms with E-state index in [4.69, 9.17) is 4.74 Å². The van der Waals surface area contributed by atoms with E-state index < -0.39 is 0 Å². The molecule has 0 bridgehead atoms. The van der Waals surface area contributed by atoms with E-state index in [0.717, 1.165) is 30.6 Å². The summed E-state index contributed by atoms with van der Waals surface area (Å²) < 4.78 is 5.58. The maximum Gasteiger partial charge on any atom is 0.166 e. The number of rotatable bonds is 5. The molecule has 0 heterocycles. The van der Waals surface area contributed by atoms with Crippen LogP contribution in [0.25, 0.3) is 0 Å². The van der Waals surface area contributed by atoms with Crippen LogP contribution in [0.3, 0.4) is 0 Å². The lowest BCUT2D eigenvalue weighted by molar-refractivity contribution is 0.0889. The Kier molecular flexibility index (Phi) is 4.80. The summed E-state index contributed by atoms with van der Waals surface area (Å²) >= 11 is 0. The van der Waals surface area contributed by atoms with Gasteiger partial charge in [-0.25, -0.2) is 0 Å². The molecule has 1 saturated carbocycles. The van der Waals surface area contributed by atoms with Gasteiger partial charge >= 0.3 is 0 Å². The van der Waals surface area contributed by atoms with E-state index in [-0.39, 0.29) is 5.92 Å². The Morgan fingerprint density at radius 3 is 2.78 bits per heavy atom. The average molecular weight is 246 g/mol. The van der Waals surface area contributed by atoms with Crippen molar-refractivity contribution in [3.8, 4) is 5.75 Å². The van der Waals surface area contributed by atoms with Crippen molar-refractivity contribution in [3.05, 3.63) is 29.8 Å². The van der Waals surface area contributed by atoms with E-state index in [0.29, 0.717) is 12.4 Å². The van der Waals surface area contributed by atoms with Crippen molar-refractivity contribution in [2.75, 3.05) is 6.61 Å². The molecule has 1 aromatic carbocycles. The van der Waals surface area contributed by atoms with Gasteiger partial charge in [0.15, 0.2) is 5.78 Å². The van der Waals surface area contributed by atoms with Crippen molar-refractivity contribution in [3.63, 3.8) is 0 Å². The van der Waals surface area contributed by atoms with Gasteiger partial charge < -0.3 is 4.74 Å². The first-order valence-electron chi connectivity index (χ1n) is 7.08. The summed E-state index contributed by atoms with van der Waals surface area (Å²) in [4.78, 5) is 12.4. The number of ketones is 1. The zero-order chi connectivity index (χ0) is 12.8. The van der Waals surface area contributed by atoms with Crippen LogP contribution in [-0.4, -0.2) is 12.4 Å². The quantitative estimate of drug-likeness (QED) is 0.726. The summed E-state index contributed by atoms with van der Waals surface area (Å²) in [7, 11) is 0. The second kappa shape index (κ2) is 6.58. The Morgan fingerprint density at radius 1 is 1.28 bits per heavy atom. The van der Waals surface area contributed by atoms with Crippen LogP contribution in [0.1, 0.15) is 55.8 Å². The van der Waals surface area contributed by atoms with Gasteiger partial charge in [0.25, 0.3) is 0 Å². The third kappa shape index (κ3) is 3.34. The van der Waals surface area contributed by atoms with Crippen molar-refractivity contribution in [2.24, 2.45) is 5.92 Å². The molecule has 2 rings (SSSR count). The Morgan fingerprint density at radius 2 is 2.06 bits per heavy atom. The van der Waals surface area contributed by atoms with Gasteiger partial charge in [0.1, 0.15) is 5.75 Å². The fraction of sp³-hybridized carbons (Fsp3) is 0.562. The van der Waals surface area contributed by atoms with E-state index in [9.17, 15) is 4.79 Å². The summed E-state index contributed by atoms with van der Waals surface area (Å²) in [6.45, 7) is 2.79. The third-order valence-corrected chi connectivity index (χ3v) is 3.57. The first-order valence-corrected chi connectivity index (χ1v) is 7.08. The topological polar surface area (TPSA) is 26.3 Å². The SMILES string of the molecule is CCCOc1cccc(C(=O)C2CCCCC2)c1. The van der Waals surface area contributed by atoms with Crippen LogP contribution in [-0.2, 0) is 0 Å². The molecule has 0 aromatic heterocycles. The highest BCUT2D eigenvalue weighted by Crippen LogP contribution is 2.27. The molecule has 0 unspecified atom stereocenters. The number of carbonyl (C=O) groups excluding carboxylic acids is 1.